The lowest BCUT2D eigenvalue weighted by Crippen LogP contribution is -1.83. The zero-order chi connectivity index (χ0) is 17.4. The van der Waals surface area contributed by atoms with E-state index in [0.717, 1.165) is 0 Å². The Labute approximate surface area is 132 Å². The van der Waals surface area contributed by atoms with Crippen LogP contribution in [-0.4, -0.2) is 21.4 Å². The van der Waals surface area contributed by atoms with E-state index in [-0.39, 0.29) is 5.78 Å². The summed E-state index contributed by atoms with van der Waals surface area (Å²) in [7, 11) is 0. The van der Waals surface area contributed by atoms with Crippen LogP contribution in [-0.2, 0) is 4.79 Å². The Bertz CT molecular complexity index is 463. The number of hydrogen-bond acceptors (Lipinski definition) is 4. The molecule has 4 heteroatoms. The molecule has 0 aliphatic carbocycles. The number of phenols is 1. The van der Waals surface area contributed by atoms with Gasteiger partial charge in [0, 0.05) is 0 Å². The van der Waals surface area contributed by atoms with Gasteiger partial charge in [-0.05, 0) is 37.5 Å². The van der Waals surface area contributed by atoms with Crippen molar-refractivity contribution in [1.82, 2.24) is 0 Å². The molecule has 0 fully saturated rings. The zero-order valence-electron chi connectivity index (χ0n) is 13.6. The minimum Gasteiger partial charge on any atom is -0.508 e. The Hall–Kier alpha value is -2.17. The molecular weight excluding hydrogens is 280 g/mol. The first-order valence-electron chi connectivity index (χ1n) is 6.89. The summed E-state index contributed by atoms with van der Waals surface area (Å²) in [6.45, 7) is 7.46. The molecule has 0 aliphatic heterocycles. The summed E-state index contributed by atoms with van der Waals surface area (Å²) in [4.78, 5) is 9.44. The minimum absolute atomic E-state index is 0.167. The maximum Gasteiger partial charge on any atom is 0.126 e. The predicted molar refractivity (Wildman–Crippen MR) is 90.3 cm³/mol. The summed E-state index contributed by atoms with van der Waals surface area (Å²) in [6.07, 6.45) is 0. The average molecular weight is 306 g/mol. The van der Waals surface area contributed by atoms with Crippen LogP contribution in [0.25, 0.3) is 0 Å². The van der Waals surface area contributed by atoms with Crippen molar-refractivity contribution in [1.29, 1.82) is 0 Å². The third-order valence-electron chi connectivity index (χ3n) is 2.22. The van der Waals surface area contributed by atoms with Gasteiger partial charge in [-0.3, -0.25) is 10.5 Å². The summed E-state index contributed by atoms with van der Waals surface area (Å²) in [5, 5.41) is 20.6. The standard InChI is InChI=1S/C9H12.C6H6O.C3H6O.H2O2/c1-8(2)9-6-4-3-5-7-9;7-6-4-2-1-3-5-6;1-3(2)4;1-2/h3-8H,1-2H3;1-5,7H;1-2H3;1-2H. The molecule has 2 aromatic carbocycles. The Morgan fingerprint density at radius 2 is 1.14 bits per heavy atom. The minimum atomic E-state index is 0.167. The molecule has 0 spiro atoms. The van der Waals surface area contributed by atoms with E-state index < -0.39 is 0 Å². The van der Waals surface area contributed by atoms with Gasteiger partial charge >= 0.3 is 0 Å². The Balaban J connectivity index is 0. The average Bonchev–Trinajstić information content (AvgIpc) is 2.51. The van der Waals surface area contributed by atoms with E-state index in [2.05, 4.69) is 38.1 Å². The van der Waals surface area contributed by atoms with Gasteiger partial charge in [-0.1, -0.05) is 62.4 Å². The fourth-order valence-electron chi connectivity index (χ4n) is 1.27. The molecule has 4 nitrogen and oxygen atoms in total. The van der Waals surface area contributed by atoms with E-state index in [1.54, 1.807) is 24.3 Å². The van der Waals surface area contributed by atoms with Gasteiger partial charge in [0.1, 0.15) is 11.5 Å². The van der Waals surface area contributed by atoms with Gasteiger partial charge in [-0.2, -0.15) is 0 Å². The molecule has 0 radical (unpaired) electrons. The van der Waals surface area contributed by atoms with Gasteiger partial charge in [0.05, 0.1) is 0 Å². The number of benzene rings is 2. The Morgan fingerprint density at radius 3 is 1.32 bits per heavy atom. The lowest BCUT2D eigenvalue weighted by Gasteiger charge is -2.01. The van der Waals surface area contributed by atoms with Gasteiger partial charge in [0.2, 0.25) is 0 Å². The van der Waals surface area contributed by atoms with Crippen LogP contribution in [0.5, 0.6) is 5.75 Å². The number of ketones is 1. The van der Waals surface area contributed by atoms with E-state index in [1.807, 2.05) is 12.1 Å². The van der Waals surface area contributed by atoms with Gasteiger partial charge in [-0.15, -0.1) is 0 Å². The van der Waals surface area contributed by atoms with Gasteiger partial charge in [0.25, 0.3) is 0 Å². The Kier molecular flexibility index (Phi) is 15.3. The van der Waals surface area contributed by atoms with Crippen LogP contribution in [0.3, 0.4) is 0 Å². The van der Waals surface area contributed by atoms with Crippen molar-refractivity contribution in [2.24, 2.45) is 0 Å². The van der Waals surface area contributed by atoms with Crippen LogP contribution < -0.4 is 0 Å². The highest BCUT2D eigenvalue weighted by Gasteiger charge is 1.93. The number of Topliss-reactive ketones (excluding diaryl/α,β-unsaturated/α-hetero) is 1. The molecule has 3 N–H and O–H groups in total. The smallest absolute Gasteiger partial charge is 0.126 e. The van der Waals surface area contributed by atoms with Gasteiger partial charge < -0.3 is 9.90 Å². The van der Waals surface area contributed by atoms with Gasteiger partial charge in [0.15, 0.2) is 0 Å². The van der Waals surface area contributed by atoms with Crippen molar-refractivity contribution in [3.8, 4) is 5.75 Å². The number of para-hydroxylation sites is 1. The van der Waals surface area contributed by atoms with E-state index in [1.165, 1.54) is 19.4 Å². The van der Waals surface area contributed by atoms with E-state index in [9.17, 15) is 4.79 Å². The summed E-state index contributed by atoms with van der Waals surface area (Å²) in [5.74, 6) is 1.15. The summed E-state index contributed by atoms with van der Waals surface area (Å²) in [5.41, 5.74) is 1.41. The molecule has 0 amide bonds. The Morgan fingerprint density at radius 1 is 0.818 bits per heavy atom. The topological polar surface area (TPSA) is 77.8 Å². The highest BCUT2D eigenvalue weighted by atomic mass is 17.0. The molecule has 22 heavy (non-hydrogen) atoms. The quantitative estimate of drug-likeness (QED) is 0.521. The molecule has 0 saturated carbocycles. The number of hydrogen-bond donors (Lipinski definition) is 3. The SMILES string of the molecule is CC(C)=O.CC(C)c1ccccc1.OO.Oc1ccccc1. The van der Waals surface area contributed by atoms with Gasteiger partial charge in [-0.25, -0.2) is 0 Å². The molecule has 2 aromatic rings. The number of carbonyl (C=O) groups is 1. The lowest BCUT2D eigenvalue weighted by molar-refractivity contribution is -0.176. The number of carbonyl (C=O) groups excluding carboxylic acids is 1. The van der Waals surface area contributed by atoms with E-state index >= 15 is 0 Å². The van der Waals surface area contributed by atoms with Crippen LogP contribution in [0, 0.1) is 0 Å². The molecule has 122 valence electrons. The molecule has 2 rings (SSSR count). The third kappa shape index (κ3) is 15.9. The van der Waals surface area contributed by atoms with Crippen LogP contribution in [0.1, 0.15) is 39.2 Å². The summed E-state index contributed by atoms with van der Waals surface area (Å²) < 4.78 is 0. The fraction of sp³-hybridized carbons (Fsp3) is 0.278. The first-order chi connectivity index (χ1) is 10.4. The van der Waals surface area contributed by atoms with Crippen molar-refractivity contribution < 1.29 is 20.4 Å². The summed E-state index contributed by atoms with van der Waals surface area (Å²) in [6, 6.07) is 19.2. The molecule has 0 bridgehead atoms. The lowest BCUT2D eigenvalue weighted by atomic mass is 10.0. The van der Waals surface area contributed by atoms with Crippen molar-refractivity contribution in [2.45, 2.75) is 33.6 Å². The van der Waals surface area contributed by atoms with E-state index in [4.69, 9.17) is 15.6 Å². The largest absolute Gasteiger partial charge is 0.508 e. The van der Waals surface area contributed by atoms with E-state index in [0.29, 0.717) is 11.7 Å². The number of aromatic hydroxyl groups is 1. The van der Waals surface area contributed by atoms with Crippen molar-refractivity contribution in [3.05, 3.63) is 66.2 Å². The second-order valence-electron chi connectivity index (χ2n) is 4.81. The first kappa shape index (κ1) is 22.1. The summed E-state index contributed by atoms with van der Waals surface area (Å²) >= 11 is 0. The molecule has 0 aliphatic rings. The van der Waals surface area contributed by atoms with Crippen molar-refractivity contribution >= 4 is 5.78 Å². The molecular formula is C18H26O4. The predicted octanol–water partition coefficient (Wildman–Crippen LogP) is 4.81. The molecule has 0 heterocycles. The van der Waals surface area contributed by atoms with Crippen molar-refractivity contribution in [3.63, 3.8) is 0 Å². The maximum absolute atomic E-state index is 9.44. The fourth-order valence-corrected chi connectivity index (χ4v) is 1.27. The number of rotatable bonds is 1. The third-order valence-corrected chi connectivity index (χ3v) is 2.22. The molecule has 0 atom stereocenters. The van der Waals surface area contributed by atoms with Crippen molar-refractivity contribution in [2.75, 3.05) is 0 Å². The van der Waals surface area contributed by atoms with Crippen LogP contribution >= 0.6 is 0 Å². The highest BCUT2D eigenvalue weighted by Crippen LogP contribution is 2.11. The van der Waals surface area contributed by atoms with Crippen LogP contribution in [0.2, 0.25) is 0 Å². The van der Waals surface area contributed by atoms with Crippen LogP contribution in [0.4, 0.5) is 0 Å². The first-order valence-corrected chi connectivity index (χ1v) is 6.89. The maximum atomic E-state index is 9.44. The zero-order valence-corrected chi connectivity index (χ0v) is 13.6. The van der Waals surface area contributed by atoms with Crippen LogP contribution in [0.15, 0.2) is 60.7 Å². The molecule has 0 unspecified atom stereocenters. The molecule has 0 aromatic heterocycles. The monoisotopic (exact) mass is 306 g/mol. The normalized spacial score (nSPS) is 8.32. The second kappa shape index (κ2) is 15.2. The molecule has 0 saturated heterocycles. The highest BCUT2D eigenvalue weighted by molar-refractivity contribution is 5.72. The number of phenolic OH excluding ortho intramolecular Hbond substituents is 1. The second-order valence-corrected chi connectivity index (χ2v) is 4.81.